The van der Waals surface area contributed by atoms with Gasteiger partial charge >= 0.3 is 12.0 Å². The number of aliphatic hydroxyl groups excluding tert-OH is 1. The number of urea groups is 1. The van der Waals surface area contributed by atoms with Crippen molar-refractivity contribution in [1.29, 1.82) is 0 Å². The summed E-state index contributed by atoms with van der Waals surface area (Å²) in [5, 5.41) is 13.4. The number of amides is 2. The van der Waals surface area contributed by atoms with Crippen molar-refractivity contribution in [2.75, 3.05) is 28.8 Å². The Morgan fingerprint density at radius 1 is 1.29 bits per heavy atom. The number of nitrogens with zero attached hydrogens (tertiary/aromatic N) is 4. The molecule has 2 N–H and O–H groups in total. The van der Waals surface area contributed by atoms with E-state index in [0.717, 1.165) is 25.7 Å². The van der Waals surface area contributed by atoms with Gasteiger partial charge in [0, 0.05) is 17.8 Å². The van der Waals surface area contributed by atoms with E-state index in [2.05, 4.69) is 15.3 Å². The Hall–Kier alpha value is -2.91. The highest BCUT2D eigenvalue weighted by Gasteiger charge is 2.35. The molecule has 1 aliphatic heterocycles. The average Bonchev–Trinajstić information content (AvgIpc) is 2.77. The standard InChI is InChI=1S/C21H24ClN5O4/c1-31-18(29)12-27-19-13(11-26(21(27)30)17-5-3-2-4-16(17)22)10-23-20(25-19)24-14-6-8-15(28)9-7-14/h2-5,10,14-15,28H,6-9,11-12H2,1H3,(H,23,24,25)/t14-,15-. The first-order valence-electron chi connectivity index (χ1n) is 10.2. The van der Waals surface area contributed by atoms with Crippen LogP contribution >= 0.6 is 11.6 Å². The minimum Gasteiger partial charge on any atom is -0.468 e. The Balaban J connectivity index is 1.64. The van der Waals surface area contributed by atoms with Crippen LogP contribution < -0.4 is 15.1 Å². The first-order chi connectivity index (χ1) is 15.0. The number of carbonyl (C=O) groups is 2. The van der Waals surface area contributed by atoms with E-state index in [1.807, 2.05) is 0 Å². The molecule has 2 amide bonds. The van der Waals surface area contributed by atoms with Gasteiger partial charge in [0.25, 0.3) is 0 Å². The first-order valence-corrected chi connectivity index (χ1v) is 10.5. The molecule has 2 heterocycles. The van der Waals surface area contributed by atoms with E-state index >= 15 is 0 Å². The molecule has 0 unspecified atom stereocenters. The second-order valence-corrected chi connectivity index (χ2v) is 8.08. The quantitative estimate of drug-likeness (QED) is 0.681. The third-order valence-electron chi connectivity index (χ3n) is 5.58. The lowest BCUT2D eigenvalue weighted by atomic mass is 9.93. The Morgan fingerprint density at radius 3 is 2.74 bits per heavy atom. The fourth-order valence-electron chi connectivity index (χ4n) is 3.88. The number of anilines is 3. The van der Waals surface area contributed by atoms with Gasteiger partial charge in [-0.25, -0.2) is 9.78 Å². The van der Waals surface area contributed by atoms with Gasteiger partial charge in [0.2, 0.25) is 5.95 Å². The number of benzene rings is 1. The van der Waals surface area contributed by atoms with Crippen molar-refractivity contribution in [2.45, 2.75) is 44.4 Å². The van der Waals surface area contributed by atoms with Gasteiger partial charge in [0.05, 0.1) is 30.5 Å². The SMILES string of the molecule is COC(=O)CN1C(=O)N(c2ccccc2Cl)Cc2cnc(N[C@H]3CC[C@H](O)CC3)nc21. The molecule has 0 spiro atoms. The zero-order chi connectivity index (χ0) is 22.0. The summed E-state index contributed by atoms with van der Waals surface area (Å²) in [6.45, 7) is -0.0547. The number of methoxy groups -OCH3 is 1. The van der Waals surface area contributed by atoms with Crippen molar-refractivity contribution in [3.63, 3.8) is 0 Å². The second-order valence-electron chi connectivity index (χ2n) is 7.67. The highest BCUT2D eigenvalue weighted by atomic mass is 35.5. The zero-order valence-electron chi connectivity index (χ0n) is 17.1. The summed E-state index contributed by atoms with van der Waals surface area (Å²) in [7, 11) is 1.27. The summed E-state index contributed by atoms with van der Waals surface area (Å²) in [6, 6.07) is 6.75. The van der Waals surface area contributed by atoms with Gasteiger partial charge in [0.15, 0.2) is 0 Å². The van der Waals surface area contributed by atoms with Crippen LogP contribution in [0.25, 0.3) is 0 Å². The summed E-state index contributed by atoms with van der Waals surface area (Å²) in [5.74, 6) is 0.191. The molecule has 0 bridgehead atoms. The number of aromatic nitrogens is 2. The van der Waals surface area contributed by atoms with E-state index in [1.54, 1.807) is 30.5 Å². The van der Waals surface area contributed by atoms with Crippen LogP contribution in [0, 0.1) is 0 Å². The topological polar surface area (TPSA) is 108 Å². The van der Waals surface area contributed by atoms with Crippen LogP contribution in [0.4, 0.5) is 22.2 Å². The van der Waals surface area contributed by atoms with Crippen LogP contribution in [0.5, 0.6) is 0 Å². The van der Waals surface area contributed by atoms with Crippen molar-refractivity contribution >= 4 is 41.1 Å². The predicted octanol–water partition coefficient (Wildman–Crippen LogP) is 2.97. The zero-order valence-corrected chi connectivity index (χ0v) is 17.9. The van der Waals surface area contributed by atoms with Crippen molar-refractivity contribution in [3.8, 4) is 0 Å². The van der Waals surface area contributed by atoms with Gasteiger partial charge in [-0.15, -0.1) is 0 Å². The predicted molar refractivity (Wildman–Crippen MR) is 116 cm³/mol. The largest absolute Gasteiger partial charge is 0.468 e. The van der Waals surface area contributed by atoms with Crippen LogP contribution in [0.15, 0.2) is 30.5 Å². The molecule has 1 aliphatic carbocycles. The lowest BCUT2D eigenvalue weighted by Crippen LogP contribution is -2.50. The van der Waals surface area contributed by atoms with Crippen molar-refractivity contribution in [3.05, 3.63) is 41.0 Å². The summed E-state index contributed by atoms with van der Waals surface area (Å²) < 4.78 is 4.78. The highest BCUT2D eigenvalue weighted by molar-refractivity contribution is 6.34. The number of aliphatic hydroxyl groups is 1. The third kappa shape index (κ3) is 4.57. The maximum Gasteiger partial charge on any atom is 0.331 e. The number of carbonyl (C=O) groups excluding carboxylic acids is 2. The Kier molecular flexibility index (Phi) is 6.24. The molecule has 9 nitrogen and oxygen atoms in total. The first kappa shape index (κ1) is 21.3. The molecule has 2 aliphatic rings. The molecule has 0 saturated heterocycles. The number of esters is 1. The maximum absolute atomic E-state index is 13.3. The summed E-state index contributed by atoms with van der Waals surface area (Å²) in [5.41, 5.74) is 1.23. The molecular formula is C21H24ClN5O4. The monoisotopic (exact) mass is 445 g/mol. The highest BCUT2D eigenvalue weighted by Crippen LogP contribution is 2.34. The number of nitrogens with one attached hydrogen (secondary N) is 1. The van der Waals surface area contributed by atoms with E-state index in [0.29, 0.717) is 28.0 Å². The number of hydrogen-bond acceptors (Lipinski definition) is 7. The van der Waals surface area contributed by atoms with Gasteiger partial charge in [-0.05, 0) is 37.8 Å². The van der Waals surface area contributed by atoms with E-state index in [1.165, 1.54) is 16.9 Å². The number of fused-ring (bicyclic) bond motifs is 1. The second kappa shape index (κ2) is 9.07. The van der Waals surface area contributed by atoms with Gasteiger partial charge in [-0.3, -0.25) is 14.6 Å². The maximum atomic E-state index is 13.3. The van der Waals surface area contributed by atoms with Crippen molar-refractivity contribution in [2.24, 2.45) is 0 Å². The number of halogens is 1. The lowest BCUT2D eigenvalue weighted by Gasteiger charge is -2.36. The molecule has 1 aromatic heterocycles. The Morgan fingerprint density at radius 2 is 2.03 bits per heavy atom. The normalized spacial score (nSPS) is 20.9. The lowest BCUT2D eigenvalue weighted by molar-refractivity contribution is -0.138. The number of para-hydroxylation sites is 1. The fraction of sp³-hybridized carbons (Fsp3) is 0.429. The molecule has 164 valence electrons. The minimum atomic E-state index is -0.560. The van der Waals surface area contributed by atoms with Crippen LogP contribution in [0.2, 0.25) is 5.02 Å². The molecule has 0 atom stereocenters. The number of hydrogen-bond donors (Lipinski definition) is 2. The van der Waals surface area contributed by atoms with Crippen LogP contribution in [-0.2, 0) is 16.1 Å². The van der Waals surface area contributed by atoms with Gasteiger partial charge in [-0.1, -0.05) is 23.7 Å². The Labute approximate surface area is 185 Å². The molecule has 10 heteroatoms. The van der Waals surface area contributed by atoms with Crippen LogP contribution in [-0.4, -0.2) is 52.9 Å². The molecule has 31 heavy (non-hydrogen) atoms. The average molecular weight is 446 g/mol. The molecule has 1 saturated carbocycles. The van der Waals surface area contributed by atoms with Crippen molar-refractivity contribution < 1.29 is 19.4 Å². The number of ether oxygens (including phenoxy) is 1. The van der Waals surface area contributed by atoms with Crippen LogP contribution in [0.1, 0.15) is 31.2 Å². The van der Waals surface area contributed by atoms with Gasteiger partial charge in [-0.2, -0.15) is 4.98 Å². The summed E-state index contributed by atoms with van der Waals surface area (Å²) >= 11 is 6.31. The third-order valence-corrected chi connectivity index (χ3v) is 5.90. The van der Waals surface area contributed by atoms with E-state index < -0.39 is 12.0 Å². The minimum absolute atomic E-state index is 0.148. The molecule has 1 fully saturated rings. The molecule has 1 aromatic carbocycles. The van der Waals surface area contributed by atoms with E-state index in [9.17, 15) is 14.7 Å². The Bertz CT molecular complexity index is 980. The smallest absolute Gasteiger partial charge is 0.331 e. The summed E-state index contributed by atoms with van der Waals surface area (Å²) in [6.07, 6.45) is 4.47. The molecular weight excluding hydrogens is 422 g/mol. The van der Waals surface area contributed by atoms with Gasteiger partial charge < -0.3 is 15.2 Å². The fourth-order valence-corrected chi connectivity index (χ4v) is 4.12. The number of rotatable bonds is 5. The van der Waals surface area contributed by atoms with E-state index in [4.69, 9.17) is 16.3 Å². The van der Waals surface area contributed by atoms with Crippen molar-refractivity contribution in [1.82, 2.24) is 9.97 Å². The van der Waals surface area contributed by atoms with Gasteiger partial charge in [0.1, 0.15) is 12.4 Å². The molecule has 2 aromatic rings. The van der Waals surface area contributed by atoms with Crippen LogP contribution in [0.3, 0.4) is 0 Å². The summed E-state index contributed by atoms with van der Waals surface area (Å²) in [4.78, 5) is 37.1. The van der Waals surface area contributed by atoms with E-state index in [-0.39, 0.29) is 25.2 Å². The molecule has 4 rings (SSSR count). The molecule has 0 radical (unpaired) electrons.